The molecule has 1 aliphatic carbocycles. The Morgan fingerprint density at radius 1 is 1.19 bits per heavy atom. The van der Waals surface area contributed by atoms with Crippen molar-refractivity contribution in [2.75, 3.05) is 7.11 Å². The van der Waals surface area contributed by atoms with Crippen LogP contribution in [0.4, 0.5) is 4.39 Å². The molecule has 2 unspecified atom stereocenters. The number of halogens is 1. The van der Waals surface area contributed by atoms with Crippen molar-refractivity contribution in [2.24, 2.45) is 5.41 Å². The van der Waals surface area contributed by atoms with Crippen molar-refractivity contribution in [3.8, 4) is 0 Å². The molecule has 0 aliphatic heterocycles. The van der Waals surface area contributed by atoms with Crippen LogP contribution in [-0.2, 0) is 16.0 Å². The first-order chi connectivity index (χ1) is 10.2. The molecule has 0 spiro atoms. The van der Waals surface area contributed by atoms with Crippen molar-refractivity contribution in [1.82, 2.24) is 0 Å². The predicted octanol–water partition coefficient (Wildman–Crippen LogP) is 3.72. The van der Waals surface area contributed by atoms with Crippen molar-refractivity contribution >= 4 is 5.97 Å². The summed E-state index contributed by atoms with van der Waals surface area (Å²) in [5, 5.41) is 0. The first kappa shape index (κ1) is 13.8. The molecule has 0 radical (unpaired) electrons. The number of methoxy groups -OCH3 is 1. The van der Waals surface area contributed by atoms with E-state index in [2.05, 4.69) is 0 Å². The molecule has 0 heterocycles. The summed E-state index contributed by atoms with van der Waals surface area (Å²) in [7, 11) is 1.43. The lowest BCUT2D eigenvalue weighted by Gasteiger charge is -2.15. The Balaban J connectivity index is 1.87. The van der Waals surface area contributed by atoms with Crippen LogP contribution in [0, 0.1) is 11.2 Å². The molecule has 108 valence electrons. The van der Waals surface area contributed by atoms with Gasteiger partial charge in [-0.05, 0) is 36.1 Å². The van der Waals surface area contributed by atoms with Gasteiger partial charge in [0, 0.05) is 5.92 Å². The summed E-state index contributed by atoms with van der Waals surface area (Å²) in [5.41, 5.74) is 1.61. The van der Waals surface area contributed by atoms with E-state index in [9.17, 15) is 9.18 Å². The molecule has 0 amide bonds. The van der Waals surface area contributed by atoms with Gasteiger partial charge in [0.1, 0.15) is 5.82 Å². The van der Waals surface area contributed by atoms with Crippen LogP contribution in [-0.4, -0.2) is 13.1 Å². The first-order valence-corrected chi connectivity index (χ1v) is 7.03. The molecule has 2 aromatic rings. The maximum Gasteiger partial charge on any atom is 0.312 e. The van der Waals surface area contributed by atoms with Gasteiger partial charge in [0.2, 0.25) is 0 Å². The van der Waals surface area contributed by atoms with Crippen LogP contribution in [0.25, 0.3) is 0 Å². The lowest BCUT2D eigenvalue weighted by atomic mass is 9.91. The van der Waals surface area contributed by atoms with E-state index in [1.807, 2.05) is 30.3 Å². The summed E-state index contributed by atoms with van der Waals surface area (Å²) in [6, 6.07) is 16.3. The molecular formula is C18H17FO2. The highest BCUT2D eigenvalue weighted by Gasteiger charge is 2.61. The SMILES string of the molecule is COC(=O)C1(Cc2ccccc2)CC1c1ccc(F)cc1. The van der Waals surface area contributed by atoms with Crippen LogP contribution < -0.4 is 0 Å². The molecule has 2 aromatic carbocycles. The minimum atomic E-state index is -0.506. The van der Waals surface area contributed by atoms with Gasteiger partial charge >= 0.3 is 5.97 Å². The largest absolute Gasteiger partial charge is 0.469 e. The van der Waals surface area contributed by atoms with Crippen molar-refractivity contribution < 1.29 is 13.9 Å². The Hall–Kier alpha value is -2.16. The number of hydrogen-bond acceptors (Lipinski definition) is 2. The summed E-state index contributed by atoms with van der Waals surface area (Å²) in [6.07, 6.45) is 1.41. The molecule has 1 fully saturated rings. The lowest BCUT2D eigenvalue weighted by molar-refractivity contribution is -0.147. The fraction of sp³-hybridized carbons (Fsp3) is 0.278. The second-order valence-corrected chi connectivity index (χ2v) is 5.62. The normalized spacial score (nSPS) is 23.6. The highest BCUT2D eigenvalue weighted by molar-refractivity contribution is 5.82. The average molecular weight is 284 g/mol. The minimum absolute atomic E-state index is 0.103. The number of benzene rings is 2. The minimum Gasteiger partial charge on any atom is -0.469 e. The van der Waals surface area contributed by atoms with E-state index in [-0.39, 0.29) is 17.7 Å². The van der Waals surface area contributed by atoms with E-state index in [4.69, 9.17) is 4.74 Å². The summed E-state index contributed by atoms with van der Waals surface area (Å²) in [6.45, 7) is 0. The van der Waals surface area contributed by atoms with Gasteiger partial charge in [0.25, 0.3) is 0 Å². The average Bonchev–Trinajstić information content (AvgIpc) is 3.23. The molecule has 0 saturated heterocycles. The fourth-order valence-corrected chi connectivity index (χ4v) is 3.09. The molecule has 3 rings (SSSR count). The molecule has 0 aromatic heterocycles. The molecule has 21 heavy (non-hydrogen) atoms. The molecular weight excluding hydrogens is 267 g/mol. The second-order valence-electron chi connectivity index (χ2n) is 5.62. The van der Waals surface area contributed by atoms with E-state index in [1.165, 1.54) is 19.2 Å². The highest BCUT2D eigenvalue weighted by atomic mass is 19.1. The number of ether oxygens (including phenoxy) is 1. The molecule has 2 nitrogen and oxygen atoms in total. The molecule has 3 heteroatoms. The number of hydrogen-bond donors (Lipinski definition) is 0. The maximum absolute atomic E-state index is 13.0. The van der Waals surface area contributed by atoms with Gasteiger partial charge in [-0.2, -0.15) is 0 Å². The molecule has 1 saturated carbocycles. The third-order valence-corrected chi connectivity index (χ3v) is 4.30. The smallest absolute Gasteiger partial charge is 0.312 e. The van der Waals surface area contributed by atoms with E-state index in [1.54, 1.807) is 12.1 Å². The van der Waals surface area contributed by atoms with Crippen molar-refractivity contribution in [3.05, 3.63) is 71.5 Å². The Morgan fingerprint density at radius 3 is 2.48 bits per heavy atom. The van der Waals surface area contributed by atoms with Crippen LogP contribution in [0.5, 0.6) is 0 Å². The van der Waals surface area contributed by atoms with Crippen LogP contribution in [0.1, 0.15) is 23.5 Å². The van der Waals surface area contributed by atoms with Crippen LogP contribution in [0.15, 0.2) is 54.6 Å². The number of esters is 1. The van der Waals surface area contributed by atoms with Crippen LogP contribution in [0.3, 0.4) is 0 Å². The zero-order valence-electron chi connectivity index (χ0n) is 11.9. The standard InChI is InChI=1S/C18H17FO2/c1-21-17(20)18(11-13-5-3-2-4-6-13)12-16(18)14-7-9-15(19)10-8-14/h2-10,16H,11-12H2,1H3. The summed E-state index contributed by atoms with van der Waals surface area (Å²) >= 11 is 0. The van der Waals surface area contributed by atoms with Crippen molar-refractivity contribution in [2.45, 2.75) is 18.8 Å². The number of carbonyl (C=O) groups is 1. The Morgan fingerprint density at radius 2 is 1.86 bits per heavy atom. The highest BCUT2D eigenvalue weighted by Crippen LogP contribution is 2.61. The molecule has 0 bridgehead atoms. The van der Waals surface area contributed by atoms with Crippen molar-refractivity contribution in [1.29, 1.82) is 0 Å². The van der Waals surface area contributed by atoms with E-state index in [0.717, 1.165) is 17.5 Å². The van der Waals surface area contributed by atoms with Crippen molar-refractivity contribution in [3.63, 3.8) is 0 Å². The van der Waals surface area contributed by atoms with E-state index >= 15 is 0 Å². The third-order valence-electron chi connectivity index (χ3n) is 4.30. The van der Waals surface area contributed by atoms with Gasteiger partial charge in [-0.25, -0.2) is 4.39 Å². The summed E-state index contributed by atoms with van der Waals surface area (Å²) < 4.78 is 18.1. The fourth-order valence-electron chi connectivity index (χ4n) is 3.09. The zero-order valence-corrected chi connectivity index (χ0v) is 11.9. The monoisotopic (exact) mass is 284 g/mol. The Bertz CT molecular complexity index is 636. The number of carbonyl (C=O) groups excluding carboxylic acids is 1. The maximum atomic E-state index is 13.0. The molecule has 0 N–H and O–H groups in total. The Kier molecular flexibility index (Phi) is 3.50. The zero-order chi connectivity index (χ0) is 14.9. The second kappa shape index (κ2) is 5.32. The van der Waals surface area contributed by atoms with Gasteiger partial charge < -0.3 is 4.74 Å². The van der Waals surface area contributed by atoms with Gasteiger partial charge in [-0.1, -0.05) is 42.5 Å². The van der Waals surface area contributed by atoms with Crippen LogP contribution in [0.2, 0.25) is 0 Å². The topological polar surface area (TPSA) is 26.3 Å². The quantitative estimate of drug-likeness (QED) is 0.800. The summed E-state index contributed by atoms with van der Waals surface area (Å²) in [5.74, 6) is -0.336. The van der Waals surface area contributed by atoms with Gasteiger partial charge in [-0.3, -0.25) is 4.79 Å². The Labute approximate surface area is 123 Å². The molecule has 2 atom stereocenters. The lowest BCUT2D eigenvalue weighted by Crippen LogP contribution is -2.22. The van der Waals surface area contributed by atoms with E-state index in [0.29, 0.717) is 6.42 Å². The van der Waals surface area contributed by atoms with Gasteiger partial charge in [0.15, 0.2) is 0 Å². The van der Waals surface area contributed by atoms with Gasteiger partial charge in [0.05, 0.1) is 12.5 Å². The number of rotatable bonds is 4. The third kappa shape index (κ3) is 2.56. The van der Waals surface area contributed by atoms with Gasteiger partial charge in [-0.15, -0.1) is 0 Å². The summed E-state index contributed by atoms with van der Waals surface area (Å²) in [4.78, 5) is 12.3. The van der Waals surface area contributed by atoms with E-state index < -0.39 is 5.41 Å². The van der Waals surface area contributed by atoms with Crippen LogP contribution >= 0.6 is 0 Å². The first-order valence-electron chi connectivity index (χ1n) is 7.03. The predicted molar refractivity (Wildman–Crippen MR) is 78.4 cm³/mol. The molecule has 1 aliphatic rings.